The second-order valence-electron chi connectivity index (χ2n) is 5.21. The van der Waals surface area contributed by atoms with Gasteiger partial charge in [-0.05, 0) is 36.9 Å². The van der Waals surface area contributed by atoms with Crippen LogP contribution < -0.4 is 0 Å². The molecular weight excluding hydrogens is 282 g/mol. The van der Waals surface area contributed by atoms with Gasteiger partial charge in [0.1, 0.15) is 6.10 Å². The summed E-state index contributed by atoms with van der Waals surface area (Å²) in [5.41, 5.74) is 2.57. The quantitative estimate of drug-likeness (QED) is 0.901. The molecule has 0 bridgehead atoms. The van der Waals surface area contributed by atoms with Gasteiger partial charge in [-0.15, -0.1) is 0 Å². The summed E-state index contributed by atoms with van der Waals surface area (Å²) in [6.07, 6.45) is 1.34. The van der Waals surface area contributed by atoms with Gasteiger partial charge in [0.25, 0.3) is 0 Å². The molecule has 0 saturated heterocycles. The minimum Gasteiger partial charge on any atom is -0.384 e. The van der Waals surface area contributed by atoms with Crippen LogP contribution >= 0.6 is 11.6 Å². The monoisotopic (exact) mass is 301 g/mol. The summed E-state index contributed by atoms with van der Waals surface area (Å²) in [5.74, 6) is 0. The van der Waals surface area contributed by atoms with Gasteiger partial charge in [0, 0.05) is 11.6 Å². The molecule has 0 aromatic heterocycles. The highest BCUT2D eigenvalue weighted by molar-refractivity contribution is 6.32. The average molecular weight is 302 g/mol. The van der Waals surface area contributed by atoms with E-state index in [-0.39, 0.29) is 0 Å². The van der Waals surface area contributed by atoms with Gasteiger partial charge in [0.05, 0.1) is 0 Å². The maximum atomic E-state index is 10.7. The van der Waals surface area contributed by atoms with Gasteiger partial charge in [-0.25, -0.2) is 0 Å². The molecule has 0 amide bonds. The van der Waals surface area contributed by atoms with Crippen molar-refractivity contribution < 1.29 is 5.11 Å². The van der Waals surface area contributed by atoms with Gasteiger partial charge < -0.3 is 10.0 Å². The zero-order valence-corrected chi connectivity index (χ0v) is 13.1. The lowest BCUT2D eigenvalue weighted by atomic mass is 9.94. The summed E-state index contributed by atoms with van der Waals surface area (Å²) >= 11 is 6.30. The summed E-state index contributed by atoms with van der Waals surface area (Å²) in [5, 5.41) is 11.4. The van der Waals surface area contributed by atoms with Crippen LogP contribution in [0.4, 0.5) is 0 Å². The molecule has 1 N–H and O–H groups in total. The van der Waals surface area contributed by atoms with Gasteiger partial charge in [0.2, 0.25) is 0 Å². The van der Waals surface area contributed by atoms with Crippen molar-refractivity contribution in [3.63, 3.8) is 0 Å². The van der Waals surface area contributed by atoms with Crippen molar-refractivity contribution in [2.75, 3.05) is 20.6 Å². The minimum atomic E-state index is -0.689. The van der Waals surface area contributed by atoms with Crippen LogP contribution in [0.2, 0.25) is 5.02 Å². The first-order valence-electron chi connectivity index (χ1n) is 6.92. The van der Waals surface area contributed by atoms with Gasteiger partial charge in [-0.1, -0.05) is 66.2 Å². The Balaban J connectivity index is 2.42. The van der Waals surface area contributed by atoms with Crippen LogP contribution in [0.15, 0.2) is 60.7 Å². The van der Waals surface area contributed by atoms with Crippen LogP contribution in [0.5, 0.6) is 0 Å². The third kappa shape index (κ3) is 4.18. The lowest BCUT2D eigenvalue weighted by Crippen LogP contribution is -2.12. The number of aliphatic hydroxyl groups is 1. The minimum absolute atomic E-state index is 0.650. The van der Waals surface area contributed by atoms with E-state index in [4.69, 9.17) is 11.6 Å². The number of likely N-dealkylation sites (N-methyl/N-ethyl adjacent to an activating group) is 1. The summed E-state index contributed by atoms with van der Waals surface area (Å²) in [4.78, 5) is 2.05. The zero-order valence-electron chi connectivity index (χ0n) is 12.3. The van der Waals surface area contributed by atoms with Crippen LogP contribution in [0.1, 0.15) is 17.2 Å². The summed E-state index contributed by atoms with van der Waals surface area (Å²) in [7, 11) is 3.99. The number of aliphatic hydroxyl groups excluding tert-OH is 1. The molecule has 2 nitrogen and oxygen atoms in total. The Bertz CT molecular complexity index is 608. The van der Waals surface area contributed by atoms with Crippen molar-refractivity contribution in [3.8, 4) is 0 Å². The van der Waals surface area contributed by atoms with Crippen LogP contribution in [0, 0.1) is 0 Å². The maximum absolute atomic E-state index is 10.7. The lowest BCUT2D eigenvalue weighted by molar-refractivity contribution is 0.237. The summed E-state index contributed by atoms with van der Waals surface area (Å²) in [6, 6.07) is 17.2. The topological polar surface area (TPSA) is 23.5 Å². The highest BCUT2D eigenvalue weighted by Gasteiger charge is 2.17. The first kappa shape index (κ1) is 15.8. The normalized spacial score (nSPS) is 13.5. The zero-order chi connectivity index (χ0) is 15.2. The first-order chi connectivity index (χ1) is 10.1. The molecule has 2 aromatic carbocycles. The van der Waals surface area contributed by atoms with Crippen molar-refractivity contribution >= 4 is 17.2 Å². The highest BCUT2D eigenvalue weighted by Crippen LogP contribution is 2.33. The number of benzene rings is 2. The third-order valence-corrected chi connectivity index (χ3v) is 3.60. The molecule has 2 aromatic rings. The molecule has 0 heterocycles. The molecule has 3 heteroatoms. The van der Waals surface area contributed by atoms with Crippen LogP contribution in [-0.2, 0) is 0 Å². The van der Waals surface area contributed by atoms with Gasteiger partial charge in [-0.2, -0.15) is 0 Å². The SMILES string of the molecule is CN(C)C/C=C(\c1ccccc1Cl)C(O)c1ccccc1. The fraction of sp³-hybridized carbons (Fsp3) is 0.222. The fourth-order valence-electron chi connectivity index (χ4n) is 2.16. The molecular formula is C18H20ClNO. The van der Waals surface area contributed by atoms with Gasteiger partial charge >= 0.3 is 0 Å². The molecule has 0 aliphatic heterocycles. The summed E-state index contributed by atoms with van der Waals surface area (Å²) in [6.45, 7) is 0.741. The molecule has 0 spiro atoms. The predicted octanol–water partition coefficient (Wildman–Crippen LogP) is 4.02. The van der Waals surface area contributed by atoms with Crippen LogP contribution in [0.25, 0.3) is 5.57 Å². The number of halogens is 1. The summed E-state index contributed by atoms with van der Waals surface area (Å²) < 4.78 is 0. The Hall–Kier alpha value is -1.61. The lowest BCUT2D eigenvalue weighted by Gasteiger charge is -2.18. The van der Waals surface area contributed by atoms with Crippen molar-refractivity contribution in [2.24, 2.45) is 0 Å². The second kappa shape index (κ2) is 7.41. The van der Waals surface area contributed by atoms with Gasteiger partial charge in [0.15, 0.2) is 0 Å². The standard InChI is InChI=1S/C18H20ClNO/c1-20(2)13-12-16(15-10-6-7-11-17(15)19)18(21)14-8-4-3-5-9-14/h3-12,18,21H,13H2,1-2H3/b16-12+. The highest BCUT2D eigenvalue weighted by atomic mass is 35.5. The van der Waals surface area contributed by atoms with Crippen molar-refractivity contribution in [3.05, 3.63) is 76.8 Å². The smallest absolute Gasteiger partial charge is 0.104 e. The van der Waals surface area contributed by atoms with E-state index < -0.39 is 6.10 Å². The number of rotatable bonds is 5. The van der Waals surface area contributed by atoms with Crippen LogP contribution in [0.3, 0.4) is 0 Å². The second-order valence-corrected chi connectivity index (χ2v) is 5.62. The van der Waals surface area contributed by atoms with E-state index in [2.05, 4.69) is 4.90 Å². The average Bonchev–Trinajstić information content (AvgIpc) is 2.49. The Morgan fingerprint density at radius 2 is 1.71 bits per heavy atom. The van der Waals surface area contributed by atoms with E-state index in [1.54, 1.807) is 0 Å². The Morgan fingerprint density at radius 3 is 2.33 bits per heavy atom. The van der Waals surface area contributed by atoms with E-state index in [0.29, 0.717) is 5.02 Å². The molecule has 0 aliphatic rings. The number of hydrogen-bond donors (Lipinski definition) is 1. The third-order valence-electron chi connectivity index (χ3n) is 3.27. The molecule has 1 unspecified atom stereocenters. The van der Waals surface area contributed by atoms with Crippen molar-refractivity contribution in [2.45, 2.75) is 6.10 Å². The molecule has 0 fully saturated rings. The molecule has 0 radical (unpaired) electrons. The Labute approximate surface area is 131 Å². The van der Waals surface area contributed by atoms with E-state index in [0.717, 1.165) is 23.2 Å². The van der Waals surface area contributed by atoms with E-state index in [9.17, 15) is 5.11 Å². The molecule has 0 aliphatic carbocycles. The molecule has 110 valence electrons. The van der Waals surface area contributed by atoms with Crippen molar-refractivity contribution in [1.29, 1.82) is 0 Å². The molecule has 2 rings (SSSR count). The Kier molecular flexibility index (Phi) is 5.57. The molecule has 1 atom stereocenters. The predicted molar refractivity (Wildman–Crippen MR) is 89.4 cm³/mol. The molecule has 0 saturated carbocycles. The van der Waals surface area contributed by atoms with Crippen LogP contribution in [-0.4, -0.2) is 30.6 Å². The van der Waals surface area contributed by atoms with E-state index in [1.807, 2.05) is 74.8 Å². The fourth-order valence-corrected chi connectivity index (χ4v) is 2.40. The van der Waals surface area contributed by atoms with E-state index >= 15 is 0 Å². The maximum Gasteiger partial charge on any atom is 0.104 e. The largest absolute Gasteiger partial charge is 0.384 e. The van der Waals surface area contributed by atoms with Gasteiger partial charge in [-0.3, -0.25) is 0 Å². The first-order valence-corrected chi connectivity index (χ1v) is 7.30. The van der Waals surface area contributed by atoms with E-state index in [1.165, 1.54) is 0 Å². The number of hydrogen-bond acceptors (Lipinski definition) is 2. The molecule has 21 heavy (non-hydrogen) atoms. The Morgan fingerprint density at radius 1 is 1.10 bits per heavy atom. The van der Waals surface area contributed by atoms with Crippen molar-refractivity contribution in [1.82, 2.24) is 4.90 Å². The number of nitrogens with zero attached hydrogens (tertiary/aromatic N) is 1.